The third kappa shape index (κ3) is 1.62. The van der Waals surface area contributed by atoms with Crippen LogP contribution in [0.5, 0.6) is 0 Å². The second-order valence-corrected chi connectivity index (χ2v) is 3.75. The highest BCUT2D eigenvalue weighted by Crippen LogP contribution is 2.26. The molecule has 0 aromatic heterocycles. The highest BCUT2D eigenvalue weighted by molar-refractivity contribution is 6.92. The van der Waals surface area contributed by atoms with Crippen molar-refractivity contribution >= 4 is 21.5 Å². The zero-order valence-electron chi connectivity index (χ0n) is 8.88. The van der Waals surface area contributed by atoms with Crippen molar-refractivity contribution in [2.75, 3.05) is 0 Å². The van der Waals surface area contributed by atoms with Gasteiger partial charge in [-0.25, -0.2) is 0 Å². The van der Waals surface area contributed by atoms with Gasteiger partial charge in [0.2, 0.25) is 0 Å². The van der Waals surface area contributed by atoms with Gasteiger partial charge in [0, 0.05) is 32.2 Å². The van der Waals surface area contributed by atoms with Crippen molar-refractivity contribution in [3.05, 3.63) is 70.8 Å². The predicted molar refractivity (Wildman–Crippen MR) is 66.7 cm³/mol. The minimum absolute atomic E-state index is 0. The first-order chi connectivity index (χ1) is 7.79. The van der Waals surface area contributed by atoms with E-state index in [9.17, 15) is 9.59 Å². The maximum Gasteiger partial charge on any atom is 0.194 e. The molecule has 3 heteroatoms. The van der Waals surface area contributed by atoms with Gasteiger partial charge in [-0.2, -0.15) is 0 Å². The molecule has 3 radical (unpaired) electrons. The summed E-state index contributed by atoms with van der Waals surface area (Å²) in [6.45, 7) is 0. The number of carbonyl (C=O) groups excluding carboxylic acids is 2. The van der Waals surface area contributed by atoms with Crippen LogP contribution in [0.1, 0.15) is 31.8 Å². The molecule has 0 aliphatic heterocycles. The van der Waals surface area contributed by atoms with E-state index in [2.05, 4.69) is 0 Å². The molecule has 0 fully saturated rings. The molecular weight excluding hydrogens is 231 g/mol. The molecule has 81 valence electrons. The van der Waals surface area contributed by atoms with Crippen molar-refractivity contribution in [2.24, 2.45) is 0 Å². The van der Waals surface area contributed by atoms with Crippen LogP contribution in [0.3, 0.4) is 0 Å². The average Bonchev–Trinajstić information content (AvgIpc) is 2.36. The number of hydrogen-bond acceptors (Lipinski definition) is 2. The summed E-state index contributed by atoms with van der Waals surface area (Å²) in [4.78, 5) is 24.2. The zero-order chi connectivity index (χ0) is 11.1. The van der Waals surface area contributed by atoms with Crippen molar-refractivity contribution in [1.29, 1.82) is 0 Å². The lowest BCUT2D eigenvalue weighted by Gasteiger charge is -2.16. The maximum atomic E-state index is 12.1. The molecule has 3 rings (SSSR count). The van der Waals surface area contributed by atoms with E-state index in [-0.39, 0.29) is 21.5 Å². The fraction of sp³-hybridized carbons (Fsp3) is 0. The van der Waals surface area contributed by atoms with Crippen LogP contribution in [-0.2, 0) is 0 Å². The molecule has 0 bridgehead atoms. The van der Waals surface area contributed by atoms with Crippen LogP contribution < -0.4 is 0 Å². The number of rotatable bonds is 0. The molecular formula is C14H8O2P. The Bertz CT molecular complexity index is 512. The Kier molecular flexibility index (Phi) is 2.91. The summed E-state index contributed by atoms with van der Waals surface area (Å²) in [6, 6.07) is 13.9. The number of hydrogen-bond donors (Lipinski definition) is 0. The van der Waals surface area contributed by atoms with Gasteiger partial charge in [0.15, 0.2) is 11.6 Å². The van der Waals surface area contributed by atoms with E-state index in [0.717, 1.165) is 0 Å². The van der Waals surface area contributed by atoms with Gasteiger partial charge in [-0.3, -0.25) is 9.59 Å². The Morgan fingerprint density at radius 2 is 0.765 bits per heavy atom. The Labute approximate surface area is 102 Å². The van der Waals surface area contributed by atoms with Crippen LogP contribution in [0.15, 0.2) is 48.5 Å². The third-order valence-electron chi connectivity index (χ3n) is 2.83. The molecule has 0 spiro atoms. The monoisotopic (exact) mass is 239 g/mol. The van der Waals surface area contributed by atoms with Crippen molar-refractivity contribution < 1.29 is 9.59 Å². The van der Waals surface area contributed by atoms with Gasteiger partial charge in [-0.15, -0.1) is 0 Å². The van der Waals surface area contributed by atoms with Crippen LogP contribution in [0.4, 0.5) is 0 Å². The summed E-state index contributed by atoms with van der Waals surface area (Å²) < 4.78 is 0. The van der Waals surface area contributed by atoms with Gasteiger partial charge in [0.05, 0.1) is 0 Å². The Morgan fingerprint density at radius 3 is 1.00 bits per heavy atom. The lowest BCUT2D eigenvalue weighted by Crippen LogP contribution is -2.20. The molecule has 2 aromatic rings. The molecule has 1 aliphatic rings. The normalized spacial score (nSPS) is 12.5. The summed E-state index contributed by atoms with van der Waals surface area (Å²) >= 11 is 0. The van der Waals surface area contributed by atoms with Crippen LogP contribution in [0.25, 0.3) is 0 Å². The SMILES string of the molecule is O=C1c2ccccc2C(=O)c2ccccc21.[P]. The quantitative estimate of drug-likeness (QED) is 0.564. The molecule has 0 N–H and O–H groups in total. The smallest absolute Gasteiger partial charge is 0.194 e. The van der Waals surface area contributed by atoms with Crippen molar-refractivity contribution in [3.63, 3.8) is 0 Å². The molecule has 2 aromatic carbocycles. The Hall–Kier alpha value is -1.79. The van der Waals surface area contributed by atoms with Crippen molar-refractivity contribution in [1.82, 2.24) is 0 Å². The fourth-order valence-corrected chi connectivity index (χ4v) is 2.05. The highest BCUT2D eigenvalue weighted by atomic mass is 31.0. The minimum atomic E-state index is -0.0641. The second-order valence-electron chi connectivity index (χ2n) is 3.75. The van der Waals surface area contributed by atoms with Crippen LogP contribution in [0, 0.1) is 0 Å². The molecule has 0 atom stereocenters. The van der Waals surface area contributed by atoms with E-state index in [1.165, 1.54) is 0 Å². The molecule has 0 saturated heterocycles. The number of ketones is 2. The van der Waals surface area contributed by atoms with Gasteiger partial charge >= 0.3 is 0 Å². The lowest BCUT2D eigenvalue weighted by molar-refractivity contribution is 0.0979. The summed E-state index contributed by atoms with van der Waals surface area (Å²) in [5, 5.41) is 0. The predicted octanol–water partition coefficient (Wildman–Crippen LogP) is 3.32. The van der Waals surface area contributed by atoms with Gasteiger partial charge in [-0.05, 0) is 0 Å². The summed E-state index contributed by atoms with van der Waals surface area (Å²) in [5.41, 5.74) is 2.02. The number of carbonyl (C=O) groups is 2. The van der Waals surface area contributed by atoms with E-state index in [1.807, 2.05) is 0 Å². The third-order valence-corrected chi connectivity index (χ3v) is 2.83. The van der Waals surface area contributed by atoms with Crippen LogP contribution in [-0.4, -0.2) is 11.6 Å². The first-order valence-electron chi connectivity index (χ1n) is 5.06. The van der Waals surface area contributed by atoms with E-state index >= 15 is 0 Å². The minimum Gasteiger partial charge on any atom is -0.289 e. The van der Waals surface area contributed by atoms with Crippen LogP contribution in [0.2, 0.25) is 0 Å². The molecule has 0 unspecified atom stereocenters. The van der Waals surface area contributed by atoms with Gasteiger partial charge in [0.1, 0.15) is 0 Å². The molecule has 0 amide bonds. The average molecular weight is 239 g/mol. The van der Waals surface area contributed by atoms with Crippen LogP contribution >= 0.6 is 9.90 Å². The Balaban J connectivity index is 0.00000108. The second kappa shape index (κ2) is 4.23. The molecule has 17 heavy (non-hydrogen) atoms. The molecule has 2 nitrogen and oxygen atoms in total. The highest BCUT2D eigenvalue weighted by Gasteiger charge is 2.28. The van der Waals surface area contributed by atoms with E-state index in [4.69, 9.17) is 0 Å². The standard InChI is InChI=1S/C14H8O2.P/c15-13-9-5-1-2-6-10(9)14(16)12-8-4-3-7-11(12)13;/h1-8H;. The lowest BCUT2D eigenvalue weighted by atomic mass is 9.84. The fourth-order valence-electron chi connectivity index (χ4n) is 2.05. The number of benzene rings is 2. The largest absolute Gasteiger partial charge is 0.289 e. The molecule has 0 heterocycles. The van der Waals surface area contributed by atoms with Crippen molar-refractivity contribution in [2.45, 2.75) is 0 Å². The summed E-state index contributed by atoms with van der Waals surface area (Å²) in [5.74, 6) is -0.128. The van der Waals surface area contributed by atoms with E-state index < -0.39 is 0 Å². The van der Waals surface area contributed by atoms with E-state index in [0.29, 0.717) is 22.3 Å². The zero-order valence-corrected chi connectivity index (χ0v) is 9.78. The van der Waals surface area contributed by atoms with E-state index in [1.54, 1.807) is 48.5 Å². The van der Waals surface area contributed by atoms with Crippen molar-refractivity contribution in [3.8, 4) is 0 Å². The maximum absolute atomic E-state index is 12.1. The first kappa shape index (κ1) is 11.7. The summed E-state index contributed by atoms with van der Waals surface area (Å²) in [7, 11) is 0. The Morgan fingerprint density at radius 1 is 0.529 bits per heavy atom. The van der Waals surface area contributed by atoms with Gasteiger partial charge in [-0.1, -0.05) is 48.5 Å². The first-order valence-corrected chi connectivity index (χ1v) is 5.06. The van der Waals surface area contributed by atoms with Gasteiger partial charge in [0.25, 0.3) is 0 Å². The molecule has 1 aliphatic carbocycles. The topological polar surface area (TPSA) is 34.1 Å². The summed E-state index contributed by atoms with van der Waals surface area (Å²) in [6.07, 6.45) is 0. The van der Waals surface area contributed by atoms with Gasteiger partial charge < -0.3 is 0 Å². The molecule has 0 saturated carbocycles. The number of fused-ring (bicyclic) bond motifs is 2.